The van der Waals surface area contributed by atoms with Crippen LogP contribution in [0.5, 0.6) is 0 Å². The molecule has 2 fully saturated rings. The van der Waals surface area contributed by atoms with Gasteiger partial charge in [0, 0.05) is 50.2 Å². The number of thiazole rings is 1. The van der Waals surface area contributed by atoms with Gasteiger partial charge in [0.2, 0.25) is 0 Å². The molecule has 0 bridgehead atoms. The van der Waals surface area contributed by atoms with Gasteiger partial charge in [-0.2, -0.15) is 0 Å². The van der Waals surface area contributed by atoms with E-state index in [0.29, 0.717) is 11.7 Å². The second-order valence-corrected chi connectivity index (χ2v) is 7.58. The molecule has 0 spiro atoms. The van der Waals surface area contributed by atoms with Gasteiger partial charge in [-0.05, 0) is 25.5 Å². The molecule has 2 aromatic rings. The number of carbonyl (C=O) groups is 1. The number of likely N-dealkylation sites (tertiary alicyclic amines) is 1. The van der Waals surface area contributed by atoms with Gasteiger partial charge in [-0.25, -0.2) is 4.98 Å². The van der Waals surface area contributed by atoms with Crippen molar-refractivity contribution in [2.75, 3.05) is 39.3 Å². The third kappa shape index (κ3) is 4.23. The predicted molar refractivity (Wildman–Crippen MR) is 108 cm³/mol. The first-order valence-electron chi connectivity index (χ1n) is 8.48. The predicted octanol–water partition coefficient (Wildman–Crippen LogP) is 2.67. The number of carbonyl (C=O) groups excluding carboxylic acids is 1. The first kappa shape index (κ1) is 21.2. The molecule has 1 atom stereocenters. The number of nitrogens with zero attached hydrogens (tertiary/aromatic N) is 3. The molecule has 2 aliphatic heterocycles. The molecule has 2 aromatic heterocycles. The third-order valence-corrected chi connectivity index (χ3v) is 5.84. The maximum atomic E-state index is 12.9. The molecular formula is C17H24Cl2N4O2S. The Kier molecular flexibility index (Phi) is 7.49. The topological polar surface area (TPSA) is 61.6 Å². The fraction of sp³-hybridized carbons (Fsp3) is 0.529. The van der Waals surface area contributed by atoms with E-state index in [-0.39, 0.29) is 30.7 Å². The summed E-state index contributed by atoms with van der Waals surface area (Å²) in [6.07, 6.45) is 2.69. The van der Waals surface area contributed by atoms with Gasteiger partial charge in [-0.1, -0.05) is 0 Å². The summed E-state index contributed by atoms with van der Waals surface area (Å²) in [5, 5.41) is 4.16. The zero-order valence-corrected chi connectivity index (χ0v) is 17.1. The Hall–Kier alpha value is -1.12. The highest BCUT2D eigenvalue weighted by Crippen LogP contribution is 2.29. The van der Waals surface area contributed by atoms with E-state index in [9.17, 15) is 4.79 Å². The number of halogens is 2. The molecule has 4 heterocycles. The maximum Gasteiger partial charge on any atom is 0.273 e. The first-order valence-corrected chi connectivity index (χ1v) is 9.29. The molecule has 0 saturated carbocycles. The third-order valence-electron chi connectivity index (χ3n) is 4.85. The van der Waals surface area contributed by atoms with Crippen LogP contribution in [0.3, 0.4) is 0 Å². The van der Waals surface area contributed by atoms with Gasteiger partial charge in [0.05, 0.1) is 6.26 Å². The molecule has 9 heteroatoms. The molecule has 1 amide bonds. The molecule has 1 unspecified atom stereocenters. The summed E-state index contributed by atoms with van der Waals surface area (Å²) in [5.74, 6) is 0.779. The van der Waals surface area contributed by atoms with Crippen LogP contribution in [-0.4, -0.2) is 66.0 Å². The number of furan rings is 1. The number of amides is 1. The largest absolute Gasteiger partial charge is 0.462 e. The van der Waals surface area contributed by atoms with E-state index in [0.717, 1.165) is 61.3 Å². The van der Waals surface area contributed by atoms with Crippen molar-refractivity contribution in [2.24, 2.45) is 0 Å². The molecule has 2 aliphatic rings. The van der Waals surface area contributed by atoms with Gasteiger partial charge in [0.25, 0.3) is 5.91 Å². The summed E-state index contributed by atoms with van der Waals surface area (Å²) in [6.45, 7) is 7.83. The van der Waals surface area contributed by atoms with E-state index in [1.807, 2.05) is 24.0 Å². The highest BCUT2D eigenvalue weighted by atomic mass is 35.5. The normalized spacial score (nSPS) is 20.5. The average Bonchev–Trinajstić information content (AvgIpc) is 3.35. The highest BCUT2D eigenvalue weighted by Gasteiger charge is 2.33. The Labute approximate surface area is 169 Å². The van der Waals surface area contributed by atoms with E-state index < -0.39 is 0 Å². The van der Waals surface area contributed by atoms with Crippen LogP contribution < -0.4 is 5.32 Å². The molecule has 0 radical (unpaired) electrons. The van der Waals surface area contributed by atoms with Crippen molar-refractivity contribution in [3.8, 4) is 10.8 Å². The summed E-state index contributed by atoms with van der Waals surface area (Å²) < 4.78 is 5.40. The van der Waals surface area contributed by atoms with Crippen LogP contribution in [-0.2, 0) is 0 Å². The molecule has 1 N–H and O–H groups in total. The zero-order valence-electron chi connectivity index (χ0n) is 14.6. The van der Waals surface area contributed by atoms with Crippen LogP contribution >= 0.6 is 36.2 Å². The summed E-state index contributed by atoms with van der Waals surface area (Å²) in [4.78, 5) is 22.9. The Balaban J connectivity index is 0.00000121. The Morgan fingerprint density at radius 1 is 1.31 bits per heavy atom. The molecule has 26 heavy (non-hydrogen) atoms. The average molecular weight is 419 g/mol. The molecule has 0 aliphatic carbocycles. The monoisotopic (exact) mass is 418 g/mol. The fourth-order valence-corrected chi connectivity index (χ4v) is 4.40. The highest BCUT2D eigenvalue weighted by molar-refractivity contribution is 7.15. The molecule has 144 valence electrons. The number of hydrogen-bond donors (Lipinski definition) is 1. The lowest BCUT2D eigenvalue weighted by Gasteiger charge is -2.32. The van der Waals surface area contributed by atoms with E-state index >= 15 is 0 Å². The summed E-state index contributed by atoms with van der Waals surface area (Å²) in [7, 11) is 0. The zero-order chi connectivity index (χ0) is 16.5. The molecule has 4 rings (SSSR count). The lowest BCUT2D eigenvalue weighted by molar-refractivity contribution is 0.0768. The van der Waals surface area contributed by atoms with Crippen molar-refractivity contribution in [2.45, 2.75) is 19.4 Å². The van der Waals surface area contributed by atoms with E-state index in [1.54, 1.807) is 6.26 Å². The van der Waals surface area contributed by atoms with E-state index in [2.05, 4.69) is 15.2 Å². The minimum absolute atomic E-state index is 0. The van der Waals surface area contributed by atoms with Gasteiger partial charge in [0.1, 0.15) is 5.69 Å². The Morgan fingerprint density at radius 2 is 2.08 bits per heavy atom. The fourth-order valence-electron chi connectivity index (χ4n) is 3.52. The Bertz CT molecular complexity index is 716. The number of aryl methyl sites for hydroxylation is 1. The van der Waals surface area contributed by atoms with Crippen LogP contribution in [0, 0.1) is 6.92 Å². The van der Waals surface area contributed by atoms with Gasteiger partial charge in [0.15, 0.2) is 10.8 Å². The lowest BCUT2D eigenvalue weighted by atomic mass is 10.2. The summed E-state index contributed by atoms with van der Waals surface area (Å²) in [6, 6.07) is 4.20. The number of rotatable bonds is 3. The van der Waals surface area contributed by atoms with Crippen LogP contribution in [0.1, 0.15) is 21.8 Å². The quantitative estimate of drug-likeness (QED) is 0.829. The van der Waals surface area contributed by atoms with Gasteiger partial charge >= 0.3 is 0 Å². The van der Waals surface area contributed by atoms with Crippen molar-refractivity contribution in [3.63, 3.8) is 0 Å². The van der Waals surface area contributed by atoms with Gasteiger partial charge in [-0.15, -0.1) is 36.2 Å². The van der Waals surface area contributed by atoms with Crippen molar-refractivity contribution in [1.29, 1.82) is 0 Å². The van der Waals surface area contributed by atoms with Crippen LogP contribution in [0.25, 0.3) is 10.8 Å². The van der Waals surface area contributed by atoms with Gasteiger partial charge in [-0.3, -0.25) is 9.69 Å². The van der Waals surface area contributed by atoms with Crippen molar-refractivity contribution in [1.82, 2.24) is 20.1 Å². The minimum atomic E-state index is 0. The number of aromatic nitrogens is 1. The van der Waals surface area contributed by atoms with Crippen LogP contribution in [0.4, 0.5) is 0 Å². The van der Waals surface area contributed by atoms with Crippen LogP contribution in [0.15, 0.2) is 22.8 Å². The first-order chi connectivity index (χ1) is 11.7. The van der Waals surface area contributed by atoms with Crippen molar-refractivity contribution >= 4 is 42.1 Å². The molecule has 0 aromatic carbocycles. The summed E-state index contributed by atoms with van der Waals surface area (Å²) >= 11 is 1.52. The molecule has 2 saturated heterocycles. The number of hydrogen-bond acceptors (Lipinski definition) is 6. The van der Waals surface area contributed by atoms with E-state index in [1.165, 1.54) is 11.3 Å². The second kappa shape index (κ2) is 9.19. The summed E-state index contributed by atoms with van der Waals surface area (Å²) in [5.41, 5.74) is 0.576. The SMILES string of the molecule is Cc1sc(-c2ccco2)nc1C(=O)N1CCC(N2CCNCC2)C1.Cl.Cl. The molecule has 6 nitrogen and oxygen atoms in total. The Morgan fingerprint density at radius 3 is 2.77 bits per heavy atom. The second-order valence-electron chi connectivity index (χ2n) is 6.38. The lowest BCUT2D eigenvalue weighted by Crippen LogP contribution is -2.49. The van der Waals surface area contributed by atoms with Crippen molar-refractivity contribution in [3.05, 3.63) is 29.0 Å². The number of nitrogens with one attached hydrogen (secondary N) is 1. The smallest absolute Gasteiger partial charge is 0.273 e. The maximum absolute atomic E-state index is 12.9. The van der Waals surface area contributed by atoms with Crippen molar-refractivity contribution < 1.29 is 9.21 Å². The molecular weight excluding hydrogens is 395 g/mol. The van der Waals surface area contributed by atoms with Crippen LogP contribution in [0.2, 0.25) is 0 Å². The minimum Gasteiger partial charge on any atom is -0.462 e. The number of piperazine rings is 1. The van der Waals surface area contributed by atoms with Gasteiger partial charge < -0.3 is 14.6 Å². The standard InChI is InChI=1S/C17H22N4O2S.2ClH/c1-12-15(19-16(24-12)14-3-2-10-23-14)17(22)21-7-4-13(11-21)20-8-5-18-6-9-20;;/h2-3,10,13,18H,4-9,11H2,1H3;2*1H. The van der Waals surface area contributed by atoms with E-state index in [4.69, 9.17) is 4.42 Å².